The van der Waals surface area contributed by atoms with Gasteiger partial charge in [-0.3, -0.25) is 9.69 Å². The third-order valence-corrected chi connectivity index (χ3v) is 4.25. The molecular weight excluding hydrogens is 256 g/mol. The lowest BCUT2D eigenvalue weighted by Gasteiger charge is -2.39. The number of carbonyl (C=O) groups is 2. The molecule has 0 spiro atoms. The van der Waals surface area contributed by atoms with Gasteiger partial charge in [0.1, 0.15) is 6.04 Å². The van der Waals surface area contributed by atoms with Crippen molar-refractivity contribution in [1.29, 1.82) is 0 Å². The van der Waals surface area contributed by atoms with Gasteiger partial charge in [-0.25, -0.2) is 4.79 Å². The van der Waals surface area contributed by atoms with Crippen LogP contribution in [0.3, 0.4) is 0 Å². The normalized spacial score (nSPS) is 23.4. The molecule has 0 aromatic rings. The van der Waals surface area contributed by atoms with E-state index in [0.29, 0.717) is 6.04 Å². The van der Waals surface area contributed by atoms with Crippen molar-refractivity contribution in [2.24, 2.45) is 5.92 Å². The minimum Gasteiger partial charge on any atom is -0.480 e. The lowest BCUT2D eigenvalue weighted by Crippen LogP contribution is -2.55. The number of nitrogens with zero attached hydrogens (tertiary/aromatic N) is 1. The fraction of sp³-hybridized carbons (Fsp3) is 0.867. The molecule has 0 saturated carbocycles. The number of piperidine rings is 1. The Morgan fingerprint density at radius 3 is 2.45 bits per heavy atom. The smallest absolute Gasteiger partial charge is 0.326 e. The molecule has 1 rings (SSSR count). The van der Waals surface area contributed by atoms with Gasteiger partial charge in [-0.15, -0.1) is 0 Å². The van der Waals surface area contributed by atoms with Crippen LogP contribution in [0.1, 0.15) is 53.4 Å². The van der Waals surface area contributed by atoms with Crippen LogP contribution < -0.4 is 5.32 Å². The molecule has 1 amide bonds. The Hall–Kier alpha value is -1.10. The van der Waals surface area contributed by atoms with Gasteiger partial charge in [0.05, 0.1) is 6.04 Å². The molecule has 1 saturated heterocycles. The molecule has 0 radical (unpaired) electrons. The van der Waals surface area contributed by atoms with Gasteiger partial charge in [-0.2, -0.15) is 0 Å². The summed E-state index contributed by atoms with van der Waals surface area (Å²) in [5.41, 5.74) is 0. The Morgan fingerprint density at radius 2 is 1.95 bits per heavy atom. The first kappa shape index (κ1) is 17.0. The maximum absolute atomic E-state index is 12.3. The molecule has 3 unspecified atom stereocenters. The predicted octanol–water partition coefficient (Wildman–Crippen LogP) is 1.86. The summed E-state index contributed by atoms with van der Waals surface area (Å²) in [7, 11) is 0. The van der Waals surface area contributed by atoms with E-state index in [4.69, 9.17) is 5.11 Å². The molecule has 1 fully saturated rings. The second-order valence-electron chi connectivity index (χ2n) is 6.04. The third-order valence-electron chi connectivity index (χ3n) is 4.25. The minimum atomic E-state index is -0.966. The second-order valence-corrected chi connectivity index (χ2v) is 6.04. The first-order valence-corrected chi connectivity index (χ1v) is 7.67. The SMILES string of the molecule is CCC1CCCCN1C(C)C(=O)NC(C(=O)O)C(C)C. The van der Waals surface area contributed by atoms with Gasteiger partial charge in [0, 0.05) is 6.04 Å². The molecule has 20 heavy (non-hydrogen) atoms. The number of hydrogen-bond acceptors (Lipinski definition) is 3. The number of carboxylic acids is 1. The zero-order chi connectivity index (χ0) is 15.3. The summed E-state index contributed by atoms with van der Waals surface area (Å²) in [4.78, 5) is 25.7. The fourth-order valence-corrected chi connectivity index (χ4v) is 2.91. The molecule has 1 heterocycles. The van der Waals surface area contributed by atoms with E-state index in [0.717, 1.165) is 25.8 Å². The summed E-state index contributed by atoms with van der Waals surface area (Å²) in [6, 6.07) is -0.637. The van der Waals surface area contributed by atoms with E-state index in [9.17, 15) is 9.59 Å². The van der Waals surface area contributed by atoms with E-state index in [2.05, 4.69) is 17.1 Å². The molecule has 5 heteroatoms. The topological polar surface area (TPSA) is 69.6 Å². The minimum absolute atomic E-state index is 0.119. The number of rotatable bonds is 6. The van der Waals surface area contributed by atoms with Crippen molar-refractivity contribution in [2.45, 2.75) is 71.5 Å². The summed E-state index contributed by atoms with van der Waals surface area (Å²) >= 11 is 0. The summed E-state index contributed by atoms with van der Waals surface area (Å²) in [5, 5.41) is 11.8. The van der Waals surface area contributed by atoms with Crippen LogP contribution in [0.4, 0.5) is 0 Å². The maximum atomic E-state index is 12.3. The Balaban J connectivity index is 2.67. The van der Waals surface area contributed by atoms with E-state index in [1.165, 1.54) is 6.42 Å². The number of amides is 1. The highest BCUT2D eigenvalue weighted by Crippen LogP contribution is 2.22. The van der Waals surface area contributed by atoms with Crippen LogP contribution in [0.5, 0.6) is 0 Å². The van der Waals surface area contributed by atoms with Crippen molar-refractivity contribution in [1.82, 2.24) is 10.2 Å². The van der Waals surface area contributed by atoms with E-state index in [1.54, 1.807) is 13.8 Å². The number of aliphatic carboxylic acids is 1. The first-order valence-electron chi connectivity index (χ1n) is 7.67. The van der Waals surface area contributed by atoms with E-state index >= 15 is 0 Å². The molecule has 3 atom stereocenters. The predicted molar refractivity (Wildman–Crippen MR) is 78.5 cm³/mol. The Labute approximate surface area is 121 Å². The third kappa shape index (κ3) is 4.20. The quantitative estimate of drug-likeness (QED) is 0.781. The molecule has 5 nitrogen and oxygen atoms in total. The molecule has 0 bridgehead atoms. The maximum Gasteiger partial charge on any atom is 0.326 e. The van der Waals surface area contributed by atoms with Crippen LogP contribution in [0.25, 0.3) is 0 Å². The molecule has 1 aliphatic heterocycles. The van der Waals surface area contributed by atoms with Crippen LogP contribution >= 0.6 is 0 Å². The number of hydrogen-bond donors (Lipinski definition) is 2. The van der Waals surface area contributed by atoms with Crippen molar-refractivity contribution < 1.29 is 14.7 Å². The van der Waals surface area contributed by atoms with Gasteiger partial charge in [0.25, 0.3) is 0 Å². The molecular formula is C15H28N2O3. The van der Waals surface area contributed by atoms with Gasteiger partial charge in [0.15, 0.2) is 0 Å². The highest BCUT2D eigenvalue weighted by atomic mass is 16.4. The lowest BCUT2D eigenvalue weighted by atomic mass is 9.97. The molecule has 0 aromatic carbocycles. The monoisotopic (exact) mass is 284 g/mol. The van der Waals surface area contributed by atoms with Gasteiger partial charge >= 0.3 is 5.97 Å². The number of carboxylic acid groups (broad SMARTS) is 1. The second kappa shape index (κ2) is 7.62. The van der Waals surface area contributed by atoms with Crippen LogP contribution in [-0.2, 0) is 9.59 Å². The standard InChI is InChI=1S/C15H28N2O3/c1-5-12-8-6-7-9-17(12)11(4)14(18)16-13(10(2)3)15(19)20/h10-13H,5-9H2,1-4H3,(H,16,18)(H,19,20). The van der Waals surface area contributed by atoms with Crippen LogP contribution in [0.15, 0.2) is 0 Å². The summed E-state index contributed by atoms with van der Waals surface area (Å²) in [5.74, 6) is -1.26. The lowest BCUT2D eigenvalue weighted by molar-refractivity contribution is -0.144. The average molecular weight is 284 g/mol. The van der Waals surface area contributed by atoms with Crippen molar-refractivity contribution in [3.05, 3.63) is 0 Å². The number of carbonyl (C=O) groups excluding carboxylic acids is 1. The van der Waals surface area contributed by atoms with Crippen molar-refractivity contribution >= 4 is 11.9 Å². The molecule has 1 aliphatic rings. The van der Waals surface area contributed by atoms with Crippen molar-refractivity contribution in [3.8, 4) is 0 Å². The van der Waals surface area contributed by atoms with E-state index < -0.39 is 12.0 Å². The summed E-state index contributed by atoms with van der Waals surface area (Å²) < 4.78 is 0. The number of nitrogens with one attached hydrogen (secondary N) is 1. The Morgan fingerprint density at radius 1 is 1.30 bits per heavy atom. The molecule has 0 aromatic heterocycles. The van der Waals surface area contributed by atoms with Gasteiger partial charge < -0.3 is 10.4 Å². The molecule has 0 aliphatic carbocycles. The van der Waals surface area contributed by atoms with Crippen molar-refractivity contribution in [3.63, 3.8) is 0 Å². The highest BCUT2D eigenvalue weighted by molar-refractivity contribution is 5.86. The van der Waals surface area contributed by atoms with Crippen LogP contribution in [0.2, 0.25) is 0 Å². The summed E-state index contributed by atoms with van der Waals surface area (Å²) in [6.07, 6.45) is 4.48. The zero-order valence-corrected chi connectivity index (χ0v) is 13.1. The Kier molecular flexibility index (Phi) is 6.46. The average Bonchev–Trinajstić information content (AvgIpc) is 2.42. The van der Waals surface area contributed by atoms with Gasteiger partial charge in [0.2, 0.25) is 5.91 Å². The van der Waals surface area contributed by atoms with Gasteiger partial charge in [-0.05, 0) is 38.6 Å². The van der Waals surface area contributed by atoms with E-state index in [1.807, 2.05) is 6.92 Å². The largest absolute Gasteiger partial charge is 0.480 e. The van der Waals surface area contributed by atoms with E-state index in [-0.39, 0.29) is 17.9 Å². The molecule has 2 N–H and O–H groups in total. The van der Waals surface area contributed by atoms with Crippen molar-refractivity contribution in [2.75, 3.05) is 6.54 Å². The molecule has 116 valence electrons. The van der Waals surface area contributed by atoms with Crippen LogP contribution in [0, 0.1) is 5.92 Å². The fourth-order valence-electron chi connectivity index (χ4n) is 2.91. The Bertz CT molecular complexity index is 344. The van der Waals surface area contributed by atoms with Gasteiger partial charge in [-0.1, -0.05) is 27.2 Å². The first-order chi connectivity index (χ1) is 9.38. The van der Waals surface area contributed by atoms with Crippen LogP contribution in [-0.4, -0.2) is 46.6 Å². The number of likely N-dealkylation sites (tertiary alicyclic amines) is 1. The summed E-state index contributed by atoms with van der Waals surface area (Å²) in [6.45, 7) is 8.55. The zero-order valence-electron chi connectivity index (χ0n) is 13.1. The highest BCUT2D eigenvalue weighted by Gasteiger charge is 2.32.